The quantitative estimate of drug-likeness (QED) is 0.206. The van der Waals surface area contributed by atoms with Crippen LogP contribution in [0.15, 0.2) is 40.1 Å². The van der Waals surface area contributed by atoms with Gasteiger partial charge in [-0.3, -0.25) is 14.0 Å². The number of aromatic nitrogens is 3. The molecule has 0 unspecified atom stereocenters. The number of carbonyl (C=O) groups excluding carboxylic acids is 1. The lowest BCUT2D eigenvalue weighted by molar-refractivity contribution is 0.100. The highest BCUT2D eigenvalue weighted by Gasteiger charge is 2.26. The van der Waals surface area contributed by atoms with Crippen molar-refractivity contribution in [2.45, 2.75) is 37.8 Å². The van der Waals surface area contributed by atoms with E-state index in [1.807, 2.05) is 16.8 Å². The highest BCUT2D eigenvalue weighted by molar-refractivity contribution is 7.29. The summed E-state index contributed by atoms with van der Waals surface area (Å²) in [5, 5.41) is 11.8. The molecule has 0 radical (unpaired) electrons. The van der Waals surface area contributed by atoms with Gasteiger partial charge in [0.25, 0.3) is 5.91 Å². The number of fused-ring (bicyclic) bond motifs is 2. The third-order valence-electron chi connectivity index (χ3n) is 7.81. The minimum atomic E-state index is -0.623. The number of amides is 1. The fourth-order valence-electron chi connectivity index (χ4n) is 5.62. The summed E-state index contributed by atoms with van der Waals surface area (Å²) in [7, 11) is 0. The third-order valence-corrected chi connectivity index (χ3v) is 11.1. The minimum absolute atomic E-state index is 0.0191. The molecule has 2 atom stereocenters. The number of ether oxygens (including phenoxy) is 1. The lowest BCUT2D eigenvalue weighted by Gasteiger charge is -2.30. The molecular formula is C28H30N8O3S3. The normalized spacial score (nSPS) is 19.4. The largest absolute Gasteiger partial charge is 0.378 e. The van der Waals surface area contributed by atoms with Crippen molar-refractivity contribution in [3.05, 3.63) is 51.1 Å². The summed E-state index contributed by atoms with van der Waals surface area (Å²) in [6.45, 7) is 2.86. The highest BCUT2D eigenvalue weighted by Crippen LogP contribution is 2.42. The van der Waals surface area contributed by atoms with Gasteiger partial charge in [-0.1, -0.05) is 12.8 Å². The molecule has 0 aromatic carbocycles. The number of primary amides is 1. The predicted molar refractivity (Wildman–Crippen MR) is 171 cm³/mol. The van der Waals surface area contributed by atoms with Crippen LogP contribution in [-0.2, 0) is 4.74 Å². The lowest BCUT2D eigenvalue weighted by Crippen LogP contribution is -2.43. The zero-order valence-corrected chi connectivity index (χ0v) is 25.1. The molecule has 1 aliphatic heterocycles. The van der Waals surface area contributed by atoms with Crippen LogP contribution in [0.25, 0.3) is 25.5 Å². The Bertz CT molecular complexity index is 1840. The van der Waals surface area contributed by atoms with E-state index in [2.05, 4.69) is 20.5 Å². The number of nitrogens with zero attached hydrogens (tertiary/aromatic N) is 4. The maximum atomic E-state index is 13.0. The van der Waals surface area contributed by atoms with Crippen molar-refractivity contribution in [3.63, 3.8) is 0 Å². The van der Waals surface area contributed by atoms with Gasteiger partial charge in [-0.05, 0) is 18.9 Å². The number of nitrogens with two attached hydrogens (primary N) is 2. The number of hydrogen-bond donors (Lipinski definition) is 4. The first-order chi connectivity index (χ1) is 20.5. The number of morpholine rings is 1. The molecule has 5 aromatic rings. The number of anilines is 4. The van der Waals surface area contributed by atoms with Crippen LogP contribution in [0.2, 0.25) is 0 Å². The van der Waals surface area contributed by atoms with E-state index in [1.165, 1.54) is 11.3 Å². The first-order valence-corrected chi connectivity index (χ1v) is 16.5. The smallest absolute Gasteiger partial charge is 0.256 e. The van der Waals surface area contributed by atoms with Crippen LogP contribution >= 0.6 is 34.0 Å². The fourth-order valence-corrected chi connectivity index (χ4v) is 9.00. The van der Waals surface area contributed by atoms with Gasteiger partial charge < -0.3 is 31.7 Å². The van der Waals surface area contributed by atoms with E-state index >= 15 is 0 Å². The standard InChI is InChI=1S/C28H30N8O3S3/c29-17-3-1-2-4-18(17)33-28-34-26(22(25(30)38)27-31-5-6-36(27)28)32-15-11-20(40-13-15)16-14-41-24-19(37)12-21(42-23(16)24)35-7-9-39-10-8-35/h5-6,11-14,17-18,32H,1-4,7-10,29H2,(H2,30,38)(H,33,34)/t17-,18+/m1/s1. The number of carbonyl (C=O) groups is 1. The number of imidazole rings is 1. The average Bonchev–Trinajstić information content (AvgIpc) is 3.75. The molecule has 7 rings (SSSR count). The average molecular weight is 623 g/mol. The number of hydrogen-bond acceptors (Lipinski definition) is 12. The summed E-state index contributed by atoms with van der Waals surface area (Å²) in [5.41, 5.74) is 14.7. The zero-order chi connectivity index (χ0) is 28.8. The van der Waals surface area contributed by atoms with Gasteiger partial charge in [-0.25, -0.2) is 4.98 Å². The van der Waals surface area contributed by atoms with E-state index in [4.69, 9.17) is 21.2 Å². The van der Waals surface area contributed by atoms with E-state index < -0.39 is 5.91 Å². The van der Waals surface area contributed by atoms with E-state index in [0.717, 1.165) is 69.3 Å². The SMILES string of the molecule is NC(=O)c1c(Nc2csc(-c3csc4c(=O)cc(N5CCOCC5)sc34)c2)nc(N[C@H]2CCCC[C@H]2N)n2ccnc12. The van der Waals surface area contributed by atoms with Gasteiger partial charge in [0, 0.05) is 64.8 Å². The van der Waals surface area contributed by atoms with E-state index in [9.17, 15) is 9.59 Å². The summed E-state index contributed by atoms with van der Waals surface area (Å²) < 4.78 is 8.98. The Kier molecular flexibility index (Phi) is 7.32. The fraction of sp³-hybridized carbons (Fsp3) is 0.357. The molecule has 2 fully saturated rings. The molecule has 6 N–H and O–H groups in total. The summed E-state index contributed by atoms with van der Waals surface area (Å²) in [6.07, 6.45) is 7.50. The van der Waals surface area contributed by atoms with Gasteiger partial charge in [0.05, 0.1) is 33.3 Å². The molecule has 218 valence electrons. The number of nitrogens with one attached hydrogen (secondary N) is 2. The molecule has 1 saturated heterocycles. The Morgan fingerprint density at radius 1 is 1.10 bits per heavy atom. The molecule has 0 bridgehead atoms. The van der Waals surface area contributed by atoms with Crippen molar-refractivity contribution in [1.82, 2.24) is 14.4 Å². The summed E-state index contributed by atoms with van der Waals surface area (Å²) in [6, 6.07) is 3.84. The predicted octanol–water partition coefficient (Wildman–Crippen LogP) is 4.46. The van der Waals surface area contributed by atoms with Crippen molar-refractivity contribution in [2.24, 2.45) is 11.5 Å². The molecular weight excluding hydrogens is 593 g/mol. The second kappa shape index (κ2) is 11.3. The first-order valence-electron chi connectivity index (χ1n) is 13.9. The Hall–Kier alpha value is -3.56. The Morgan fingerprint density at radius 2 is 1.93 bits per heavy atom. The van der Waals surface area contributed by atoms with Crippen molar-refractivity contribution in [1.29, 1.82) is 0 Å². The van der Waals surface area contributed by atoms with Crippen LogP contribution in [-0.4, -0.2) is 58.7 Å². The van der Waals surface area contributed by atoms with Crippen molar-refractivity contribution < 1.29 is 9.53 Å². The van der Waals surface area contributed by atoms with Gasteiger partial charge in [-0.2, -0.15) is 4.98 Å². The lowest BCUT2D eigenvalue weighted by atomic mass is 9.91. The second-order valence-corrected chi connectivity index (χ2v) is 13.3. The van der Waals surface area contributed by atoms with Crippen LogP contribution in [0, 0.1) is 0 Å². The summed E-state index contributed by atoms with van der Waals surface area (Å²) in [4.78, 5) is 38.1. The topological polar surface area (TPSA) is 153 Å². The number of thiophene rings is 2. The molecule has 0 spiro atoms. The summed E-state index contributed by atoms with van der Waals surface area (Å²) in [5.74, 6) is 0.255. The van der Waals surface area contributed by atoms with E-state index in [-0.39, 0.29) is 23.1 Å². The molecule has 1 saturated carbocycles. The molecule has 1 amide bonds. The van der Waals surface area contributed by atoms with Gasteiger partial charge >= 0.3 is 0 Å². The Labute approximate surface area is 253 Å². The Balaban J connectivity index is 1.23. The van der Waals surface area contributed by atoms with Crippen molar-refractivity contribution in [2.75, 3.05) is 41.8 Å². The van der Waals surface area contributed by atoms with Crippen LogP contribution < -0.4 is 32.4 Å². The maximum Gasteiger partial charge on any atom is 0.256 e. The highest BCUT2D eigenvalue weighted by atomic mass is 32.1. The van der Waals surface area contributed by atoms with Gasteiger partial charge in [-0.15, -0.1) is 34.0 Å². The third kappa shape index (κ3) is 5.02. The van der Waals surface area contributed by atoms with Gasteiger partial charge in [0.2, 0.25) is 5.95 Å². The van der Waals surface area contributed by atoms with E-state index in [1.54, 1.807) is 45.5 Å². The molecule has 14 heteroatoms. The van der Waals surface area contributed by atoms with Crippen molar-refractivity contribution in [3.8, 4) is 10.4 Å². The van der Waals surface area contributed by atoms with Crippen LogP contribution in [0.1, 0.15) is 36.0 Å². The van der Waals surface area contributed by atoms with Crippen molar-refractivity contribution >= 4 is 77.4 Å². The van der Waals surface area contributed by atoms with Crippen LogP contribution in [0.4, 0.5) is 22.5 Å². The molecule has 42 heavy (non-hydrogen) atoms. The zero-order valence-electron chi connectivity index (χ0n) is 22.7. The first kappa shape index (κ1) is 27.3. The molecule has 2 aliphatic rings. The second-order valence-electron chi connectivity index (χ2n) is 10.5. The molecule has 1 aliphatic carbocycles. The number of rotatable bonds is 7. The van der Waals surface area contributed by atoms with Gasteiger partial charge in [0.1, 0.15) is 5.56 Å². The molecule has 6 heterocycles. The van der Waals surface area contributed by atoms with Gasteiger partial charge in [0.15, 0.2) is 16.9 Å². The van der Waals surface area contributed by atoms with Crippen LogP contribution in [0.3, 0.4) is 0 Å². The Morgan fingerprint density at radius 3 is 2.74 bits per heavy atom. The molecule has 5 aromatic heterocycles. The molecule has 11 nitrogen and oxygen atoms in total. The maximum absolute atomic E-state index is 13.0. The minimum Gasteiger partial charge on any atom is -0.378 e. The van der Waals surface area contributed by atoms with Crippen LogP contribution in [0.5, 0.6) is 0 Å². The summed E-state index contributed by atoms with van der Waals surface area (Å²) >= 11 is 4.67. The monoisotopic (exact) mass is 622 g/mol. The van der Waals surface area contributed by atoms with E-state index in [0.29, 0.717) is 30.6 Å².